The van der Waals surface area contributed by atoms with Crippen molar-refractivity contribution in [3.8, 4) is 0 Å². The summed E-state index contributed by atoms with van der Waals surface area (Å²) in [5.74, 6) is -0.177. The molecule has 0 saturated heterocycles. The number of nitrogens with one attached hydrogen (secondary N) is 1. The molecule has 0 spiro atoms. The summed E-state index contributed by atoms with van der Waals surface area (Å²) < 4.78 is 8.59. The van der Waals surface area contributed by atoms with Crippen LogP contribution in [-0.2, 0) is 4.74 Å². The molecule has 0 saturated carbocycles. The molecule has 3 rings (SSSR count). The van der Waals surface area contributed by atoms with Gasteiger partial charge in [-0.2, -0.15) is 0 Å². The summed E-state index contributed by atoms with van der Waals surface area (Å²) in [5, 5.41) is 21.4. The van der Waals surface area contributed by atoms with Crippen LogP contribution in [0.5, 0.6) is 0 Å². The Labute approximate surface area is 194 Å². The van der Waals surface area contributed by atoms with Gasteiger partial charge >= 0.3 is 160 Å². The molecule has 0 bridgehead atoms. The molecular formula is C20H26IN2O5S2-. The van der Waals surface area contributed by atoms with Gasteiger partial charge in [-0.1, -0.05) is 0 Å². The van der Waals surface area contributed by atoms with Gasteiger partial charge in [-0.15, -0.1) is 0 Å². The fourth-order valence-electron chi connectivity index (χ4n) is 2.90. The van der Waals surface area contributed by atoms with Crippen molar-refractivity contribution in [1.29, 1.82) is 0 Å². The molecule has 3 N–H and O–H groups in total. The number of alkyl carbamates (subject to hydrolysis) is 1. The zero-order valence-electron chi connectivity index (χ0n) is 17.1. The molecule has 1 aromatic rings. The molecule has 0 atom stereocenters. The molecule has 0 aromatic carbocycles. The summed E-state index contributed by atoms with van der Waals surface area (Å²) in [6.07, 6.45) is 4.89. The number of hydrogen-bond donors (Lipinski definition) is 3. The molecule has 0 fully saturated rings. The molecule has 0 radical (unpaired) electrons. The van der Waals surface area contributed by atoms with Gasteiger partial charge < -0.3 is 4.74 Å². The number of thiophene rings is 1. The van der Waals surface area contributed by atoms with E-state index in [0.29, 0.717) is 35.7 Å². The Morgan fingerprint density at radius 1 is 1.37 bits per heavy atom. The predicted octanol–water partition coefficient (Wildman–Crippen LogP) is 0.197. The quantitative estimate of drug-likeness (QED) is 0.259. The molecule has 2 aliphatic rings. The number of nitrogens with zero attached hydrogens (tertiary/aromatic N) is 1. The number of rotatable bonds is 6. The number of unbranched alkanes of at least 4 members (excludes halogenated alkanes) is 1. The molecule has 1 aromatic heterocycles. The van der Waals surface area contributed by atoms with Crippen LogP contribution in [0.2, 0.25) is 0 Å². The molecule has 10 heteroatoms. The van der Waals surface area contributed by atoms with Gasteiger partial charge in [0.2, 0.25) is 0 Å². The molecule has 0 unspecified atom stereocenters. The van der Waals surface area contributed by atoms with Crippen molar-refractivity contribution >= 4 is 38.7 Å². The normalized spacial score (nSPS) is 18.4. The van der Waals surface area contributed by atoms with Gasteiger partial charge in [-0.3, -0.25) is 0 Å². The second-order valence-corrected chi connectivity index (χ2v) is 12.8. The number of hydrogen-bond acceptors (Lipinski definition) is 7. The maximum atomic E-state index is 13.1. The number of aliphatic hydroxyl groups is 2. The van der Waals surface area contributed by atoms with E-state index in [9.17, 15) is 19.8 Å². The van der Waals surface area contributed by atoms with Gasteiger partial charge in [-0.05, 0) is 20.8 Å². The summed E-state index contributed by atoms with van der Waals surface area (Å²) in [7, 11) is 0. The Morgan fingerprint density at radius 2 is 2.13 bits per heavy atom. The second kappa shape index (κ2) is 9.60. The van der Waals surface area contributed by atoms with Gasteiger partial charge in [0.15, 0.2) is 0 Å². The van der Waals surface area contributed by atoms with Crippen molar-refractivity contribution in [3.63, 3.8) is 0 Å². The van der Waals surface area contributed by atoms with Crippen molar-refractivity contribution in [3.05, 3.63) is 32.1 Å². The van der Waals surface area contributed by atoms with E-state index in [1.54, 1.807) is 20.8 Å². The average Bonchev–Trinajstić information content (AvgIpc) is 3.25. The van der Waals surface area contributed by atoms with Gasteiger partial charge in [0.05, 0.1) is 0 Å². The number of carbonyl (C=O) groups excluding carboxylic acids is 2. The molecule has 3 heterocycles. The average molecular weight is 565 g/mol. The van der Waals surface area contributed by atoms with Crippen molar-refractivity contribution in [2.75, 3.05) is 19.6 Å². The van der Waals surface area contributed by atoms with Crippen LogP contribution in [0, 0.1) is 0 Å². The van der Waals surface area contributed by atoms with Crippen LogP contribution in [0.15, 0.2) is 27.2 Å². The van der Waals surface area contributed by atoms with Crippen LogP contribution in [-0.4, -0.2) is 57.5 Å². The van der Waals surface area contributed by atoms with E-state index in [2.05, 4.69) is 15.5 Å². The van der Waals surface area contributed by atoms with E-state index in [1.807, 2.05) is 12.1 Å². The first-order valence-electron chi connectivity index (χ1n) is 9.58. The van der Waals surface area contributed by atoms with Crippen molar-refractivity contribution in [2.45, 2.75) is 49.2 Å². The first-order valence-corrected chi connectivity index (χ1v) is 13.5. The number of allylic oxidation sites excluding steroid dienone is 2. The van der Waals surface area contributed by atoms with Crippen molar-refractivity contribution < 1.29 is 45.7 Å². The molecular weight excluding hydrogens is 539 g/mol. The van der Waals surface area contributed by atoms with Crippen molar-refractivity contribution in [2.24, 2.45) is 0 Å². The van der Waals surface area contributed by atoms with Gasteiger partial charge in [0.25, 0.3) is 0 Å². The minimum atomic E-state index is -2.04. The van der Waals surface area contributed by atoms with Gasteiger partial charge in [0.1, 0.15) is 5.60 Å². The number of ether oxygens (including phenoxy) is 1. The third kappa shape index (κ3) is 6.46. The summed E-state index contributed by atoms with van der Waals surface area (Å²) in [5.41, 5.74) is -0.546. The molecule has 0 aliphatic carbocycles. The number of fused-ring (bicyclic) bond motifs is 1. The van der Waals surface area contributed by atoms with Crippen LogP contribution >= 0.6 is 23.1 Å². The van der Waals surface area contributed by atoms with Crippen LogP contribution < -0.4 is 26.5 Å². The summed E-state index contributed by atoms with van der Waals surface area (Å²) in [6.45, 7) is 6.05. The van der Waals surface area contributed by atoms with Crippen LogP contribution in [0.4, 0.5) is 4.79 Å². The third-order valence-electron chi connectivity index (χ3n) is 4.10. The standard InChI is InChI=1S/C20H26IN2O5S2/c1-19(2,3)28-18(25)22-9-4-5-10-23-12-20(26,27)30-15-11-14(13-7-6-8-21-13)29-16(15)17(23)24/h6-8,11,26-27H,4-5,9-10,12H2,1-3H3,(H,22,25)/q-1. The first-order chi connectivity index (χ1) is 14.0. The minimum absolute atomic E-state index is 0.163. The van der Waals surface area contributed by atoms with Crippen LogP contribution in [0.3, 0.4) is 0 Å². The summed E-state index contributed by atoms with van der Waals surface area (Å²) >= 11 is 2.16. The molecule has 7 nitrogen and oxygen atoms in total. The van der Waals surface area contributed by atoms with Gasteiger partial charge in [0, 0.05) is 0 Å². The monoisotopic (exact) mass is 565 g/mol. The Balaban J connectivity index is 1.58. The number of amides is 2. The van der Waals surface area contributed by atoms with E-state index in [0.717, 1.165) is 16.6 Å². The zero-order chi connectivity index (χ0) is 21.9. The molecule has 2 amide bonds. The topological polar surface area (TPSA) is 99.1 Å². The van der Waals surface area contributed by atoms with E-state index in [-0.39, 0.29) is 33.7 Å². The predicted molar refractivity (Wildman–Crippen MR) is 114 cm³/mol. The summed E-state index contributed by atoms with van der Waals surface area (Å²) in [6, 6.07) is 1.90. The first kappa shape index (κ1) is 23.6. The van der Waals surface area contributed by atoms with Gasteiger partial charge in [-0.25, -0.2) is 4.79 Å². The van der Waals surface area contributed by atoms with Crippen molar-refractivity contribution in [1.82, 2.24) is 10.2 Å². The fourth-order valence-corrected chi connectivity index (χ4v) is 7.40. The molecule has 30 heavy (non-hydrogen) atoms. The molecule has 2 aliphatic heterocycles. The zero-order valence-corrected chi connectivity index (χ0v) is 20.9. The molecule has 166 valence electrons. The summed E-state index contributed by atoms with van der Waals surface area (Å²) in [4.78, 5) is 28.4. The fraction of sp³-hybridized carbons (Fsp3) is 0.500. The van der Waals surface area contributed by atoms with E-state index < -0.39 is 16.8 Å². The number of β-amino-alcohol motifs (C(OH)–C–C–N with tert-alkyl or cyclic N) is 2. The second-order valence-electron chi connectivity index (χ2n) is 7.95. The number of thioether (sulfide) groups is 1. The van der Waals surface area contributed by atoms with Crippen LogP contribution in [0.1, 0.15) is 48.2 Å². The Morgan fingerprint density at radius 3 is 2.80 bits per heavy atom. The number of carbonyl (C=O) groups is 2. The van der Waals surface area contributed by atoms with Crippen LogP contribution in [0.25, 0.3) is 3.58 Å². The third-order valence-corrected chi connectivity index (χ3v) is 9.14. The Bertz CT molecular complexity index is 873. The maximum absolute atomic E-state index is 13.1. The Kier molecular flexibility index (Phi) is 7.54. The SMILES string of the molecule is CC(C)(C)OC(=O)NCCCCN1CC(O)(O)Sc2cc(C3=CC=C[I-]3)sc2C1=O. The van der Waals surface area contributed by atoms with E-state index in [1.165, 1.54) is 19.8 Å². The van der Waals surface area contributed by atoms with E-state index in [4.69, 9.17) is 4.74 Å². The number of halogens is 1. The van der Waals surface area contributed by atoms with E-state index >= 15 is 0 Å². The Hall–Kier alpha value is -1.08.